The van der Waals surface area contributed by atoms with E-state index in [9.17, 15) is 0 Å². The Morgan fingerprint density at radius 3 is 3.12 bits per heavy atom. The first-order valence-corrected chi connectivity index (χ1v) is 5.47. The smallest absolute Gasteiger partial charge is 0.225 e. The van der Waals surface area contributed by atoms with Crippen molar-refractivity contribution in [2.75, 3.05) is 19.0 Å². The lowest BCUT2D eigenvalue weighted by Crippen LogP contribution is -2.09. The number of aromatic nitrogens is 4. The average Bonchev–Trinajstić information content (AvgIpc) is 2.88. The van der Waals surface area contributed by atoms with E-state index in [0.29, 0.717) is 11.8 Å². The summed E-state index contributed by atoms with van der Waals surface area (Å²) in [7, 11) is 1.59. The molecule has 0 saturated carbocycles. The van der Waals surface area contributed by atoms with Crippen LogP contribution >= 0.6 is 0 Å². The third-order valence-corrected chi connectivity index (χ3v) is 2.25. The van der Waals surface area contributed by atoms with Gasteiger partial charge >= 0.3 is 0 Å². The van der Waals surface area contributed by atoms with Crippen molar-refractivity contribution in [1.82, 2.24) is 19.7 Å². The average molecular weight is 233 g/mol. The maximum atomic E-state index is 5.01. The normalized spacial score (nSPS) is 10.2. The summed E-state index contributed by atoms with van der Waals surface area (Å²) in [4.78, 5) is 8.26. The van der Waals surface area contributed by atoms with Gasteiger partial charge in [0, 0.05) is 37.7 Å². The fraction of sp³-hybridized carbons (Fsp3) is 0.364. The molecule has 0 radical (unpaired) electrons. The molecular formula is C11H15N5O. The Morgan fingerprint density at radius 2 is 2.35 bits per heavy atom. The topological polar surface area (TPSA) is 64.9 Å². The Kier molecular flexibility index (Phi) is 3.90. The summed E-state index contributed by atoms with van der Waals surface area (Å²) >= 11 is 0. The summed E-state index contributed by atoms with van der Waals surface area (Å²) in [5.41, 5.74) is 0. The lowest BCUT2D eigenvalue weighted by atomic mass is 10.4. The van der Waals surface area contributed by atoms with Crippen LogP contribution < -0.4 is 10.1 Å². The number of hydrogen-bond acceptors (Lipinski definition) is 5. The molecule has 2 heterocycles. The molecule has 0 unspecified atom stereocenters. The Hall–Kier alpha value is -2.11. The summed E-state index contributed by atoms with van der Waals surface area (Å²) < 4.78 is 6.91. The van der Waals surface area contributed by atoms with Crippen LogP contribution in [0.2, 0.25) is 0 Å². The van der Waals surface area contributed by atoms with Crippen molar-refractivity contribution in [2.45, 2.75) is 13.0 Å². The van der Waals surface area contributed by atoms with E-state index in [4.69, 9.17) is 4.74 Å². The van der Waals surface area contributed by atoms with E-state index in [1.807, 2.05) is 16.9 Å². The number of nitrogens with one attached hydrogen (secondary N) is 1. The Balaban J connectivity index is 1.74. The van der Waals surface area contributed by atoms with E-state index in [0.717, 1.165) is 19.5 Å². The van der Waals surface area contributed by atoms with Crippen LogP contribution in [-0.2, 0) is 6.54 Å². The molecule has 2 aromatic rings. The van der Waals surface area contributed by atoms with E-state index in [2.05, 4.69) is 20.4 Å². The largest absolute Gasteiger partial charge is 0.481 e. The molecule has 2 aromatic heterocycles. The van der Waals surface area contributed by atoms with E-state index in [-0.39, 0.29) is 0 Å². The highest BCUT2D eigenvalue weighted by atomic mass is 16.5. The van der Waals surface area contributed by atoms with Gasteiger partial charge in [0.15, 0.2) is 0 Å². The zero-order valence-corrected chi connectivity index (χ0v) is 9.71. The molecule has 17 heavy (non-hydrogen) atoms. The van der Waals surface area contributed by atoms with Gasteiger partial charge in [-0.3, -0.25) is 4.68 Å². The van der Waals surface area contributed by atoms with Crippen molar-refractivity contribution < 1.29 is 4.74 Å². The highest BCUT2D eigenvalue weighted by Crippen LogP contribution is 2.06. The number of hydrogen-bond donors (Lipinski definition) is 1. The third-order valence-electron chi connectivity index (χ3n) is 2.25. The standard InChI is InChI=1S/C11H15N5O/c1-17-10-4-7-13-11(15-10)12-5-2-8-16-9-3-6-14-16/h3-4,6-7,9H,2,5,8H2,1H3,(H,12,13,15). The lowest BCUT2D eigenvalue weighted by Gasteiger charge is -2.05. The molecule has 2 rings (SSSR count). The van der Waals surface area contributed by atoms with Crippen LogP contribution in [0, 0.1) is 0 Å². The van der Waals surface area contributed by atoms with E-state index in [1.165, 1.54) is 0 Å². The molecule has 6 nitrogen and oxygen atoms in total. The van der Waals surface area contributed by atoms with Gasteiger partial charge in [-0.2, -0.15) is 10.1 Å². The fourth-order valence-electron chi connectivity index (χ4n) is 1.41. The van der Waals surface area contributed by atoms with Gasteiger partial charge in [0.25, 0.3) is 0 Å². The van der Waals surface area contributed by atoms with Gasteiger partial charge < -0.3 is 10.1 Å². The quantitative estimate of drug-likeness (QED) is 0.759. The van der Waals surface area contributed by atoms with Gasteiger partial charge in [-0.1, -0.05) is 0 Å². The number of nitrogens with zero attached hydrogens (tertiary/aromatic N) is 4. The zero-order chi connectivity index (χ0) is 11.9. The summed E-state index contributed by atoms with van der Waals surface area (Å²) in [6.07, 6.45) is 6.35. The van der Waals surface area contributed by atoms with Gasteiger partial charge in [-0.25, -0.2) is 4.98 Å². The minimum atomic E-state index is 0.564. The molecular weight excluding hydrogens is 218 g/mol. The second-order valence-electron chi connectivity index (χ2n) is 3.47. The molecule has 0 aliphatic heterocycles. The van der Waals surface area contributed by atoms with Crippen LogP contribution in [0.15, 0.2) is 30.7 Å². The summed E-state index contributed by atoms with van der Waals surface area (Å²) in [5.74, 6) is 1.15. The maximum absolute atomic E-state index is 5.01. The molecule has 0 saturated heterocycles. The SMILES string of the molecule is COc1ccnc(NCCCn2cccn2)n1. The van der Waals surface area contributed by atoms with Crippen molar-refractivity contribution in [3.63, 3.8) is 0 Å². The van der Waals surface area contributed by atoms with Crippen LogP contribution in [0.3, 0.4) is 0 Å². The highest BCUT2D eigenvalue weighted by molar-refractivity contribution is 5.26. The second-order valence-corrected chi connectivity index (χ2v) is 3.47. The van der Waals surface area contributed by atoms with Crippen LogP contribution in [0.5, 0.6) is 5.88 Å². The van der Waals surface area contributed by atoms with Crippen molar-refractivity contribution in [2.24, 2.45) is 0 Å². The van der Waals surface area contributed by atoms with Gasteiger partial charge in [-0.15, -0.1) is 0 Å². The fourth-order valence-corrected chi connectivity index (χ4v) is 1.41. The van der Waals surface area contributed by atoms with Crippen molar-refractivity contribution >= 4 is 5.95 Å². The van der Waals surface area contributed by atoms with Crippen LogP contribution in [0.25, 0.3) is 0 Å². The molecule has 6 heteroatoms. The predicted molar refractivity (Wildman–Crippen MR) is 63.9 cm³/mol. The molecule has 0 spiro atoms. The van der Waals surface area contributed by atoms with E-state index in [1.54, 1.807) is 25.6 Å². The maximum Gasteiger partial charge on any atom is 0.225 e. The minimum Gasteiger partial charge on any atom is -0.481 e. The minimum absolute atomic E-state index is 0.564. The monoisotopic (exact) mass is 233 g/mol. The molecule has 0 aliphatic rings. The molecule has 0 fully saturated rings. The number of ether oxygens (including phenoxy) is 1. The molecule has 0 aromatic carbocycles. The first kappa shape index (κ1) is 11.4. The molecule has 0 atom stereocenters. The van der Waals surface area contributed by atoms with Crippen molar-refractivity contribution in [1.29, 1.82) is 0 Å². The highest BCUT2D eigenvalue weighted by Gasteiger charge is 1.98. The number of rotatable bonds is 6. The molecule has 0 aliphatic carbocycles. The molecule has 90 valence electrons. The van der Waals surface area contributed by atoms with E-state index >= 15 is 0 Å². The van der Waals surface area contributed by atoms with Crippen LogP contribution in [0.1, 0.15) is 6.42 Å². The number of aryl methyl sites for hydroxylation is 1. The summed E-state index contributed by atoms with van der Waals surface area (Å²) in [5, 5.41) is 7.26. The van der Waals surface area contributed by atoms with Gasteiger partial charge in [0.05, 0.1) is 7.11 Å². The molecule has 0 amide bonds. The first-order valence-electron chi connectivity index (χ1n) is 5.47. The Bertz CT molecular complexity index is 443. The van der Waals surface area contributed by atoms with Crippen molar-refractivity contribution in [3.8, 4) is 5.88 Å². The van der Waals surface area contributed by atoms with Gasteiger partial charge in [0.2, 0.25) is 11.8 Å². The summed E-state index contributed by atoms with van der Waals surface area (Å²) in [6, 6.07) is 3.63. The number of anilines is 1. The number of methoxy groups -OCH3 is 1. The third kappa shape index (κ3) is 3.44. The molecule has 0 bridgehead atoms. The second kappa shape index (κ2) is 5.83. The summed E-state index contributed by atoms with van der Waals surface area (Å²) in [6.45, 7) is 1.68. The Labute approximate surface area is 99.7 Å². The van der Waals surface area contributed by atoms with Gasteiger partial charge in [-0.05, 0) is 12.5 Å². The van der Waals surface area contributed by atoms with Crippen molar-refractivity contribution in [3.05, 3.63) is 30.7 Å². The Morgan fingerprint density at radius 1 is 1.41 bits per heavy atom. The lowest BCUT2D eigenvalue weighted by molar-refractivity contribution is 0.397. The molecule has 1 N–H and O–H groups in total. The zero-order valence-electron chi connectivity index (χ0n) is 9.71. The van der Waals surface area contributed by atoms with E-state index < -0.39 is 0 Å². The van der Waals surface area contributed by atoms with Crippen LogP contribution in [0.4, 0.5) is 5.95 Å². The first-order chi connectivity index (χ1) is 8.38. The van der Waals surface area contributed by atoms with Gasteiger partial charge in [0.1, 0.15) is 0 Å². The predicted octanol–water partition coefficient (Wildman–Crippen LogP) is 1.18. The van der Waals surface area contributed by atoms with Crippen LogP contribution in [-0.4, -0.2) is 33.4 Å².